The van der Waals surface area contributed by atoms with Gasteiger partial charge in [0.1, 0.15) is 5.75 Å². The van der Waals surface area contributed by atoms with Gasteiger partial charge in [-0.1, -0.05) is 57.4 Å². The van der Waals surface area contributed by atoms with E-state index in [-0.39, 0.29) is 18.9 Å². The molecular formula is C30H30BrN5O4. The molecule has 1 heterocycles. The Morgan fingerprint density at radius 3 is 2.60 bits per heavy atom. The highest BCUT2D eigenvalue weighted by Crippen LogP contribution is 2.44. The second-order valence-corrected chi connectivity index (χ2v) is 10.9. The van der Waals surface area contributed by atoms with Crippen LogP contribution in [0.25, 0.3) is 10.4 Å². The molecule has 9 nitrogen and oxygen atoms in total. The monoisotopic (exact) mass is 603 g/mol. The third kappa shape index (κ3) is 6.31. The Labute approximate surface area is 241 Å². The van der Waals surface area contributed by atoms with Crippen LogP contribution in [0.3, 0.4) is 0 Å². The molecule has 1 saturated carbocycles. The van der Waals surface area contributed by atoms with E-state index >= 15 is 0 Å². The third-order valence-corrected chi connectivity index (χ3v) is 7.58. The molecule has 1 fully saturated rings. The number of nitrogens with zero attached hydrogens (tertiary/aromatic N) is 4. The fourth-order valence-electron chi connectivity index (χ4n) is 4.73. The van der Waals surface area contributed by atoms with Crippen LogP contribution in [-0.2, 0) is 16.0 Å². The average molecular weight is 605 g/mol. The molecule has 2 atom stereocenters. The molecule has 40 heavy (non-hydrogen) atoms. The van der Waals surface area contributed by atoms with Gasteiger partial charge in [0.15, 0.2) is 11.6 Å². The molecule has 1 aliphatic carbocycles. The number of carbonyl (C=O) groups is 1. The maximum atomic E-state index is 14.2. The van der Waals surface area contributed by atoms with Gasteiger partial charge in [0.2, 0.25) is 5.90 Å². The zero-order valence-electron chi connectivity index (χ0n) is 21.9. The molecule has 3 aromatic rings. The van der Waals surface area contributed by atoms with Crippen molar-refractivity contribution in [2.45, 2.75) is 37.3 Å². The highest BCUT2D eigenvalue weighted by Gasteiger charge is 2.53. The Hall–Kier alpha value is -3.85. The minimum absolute atomic E-state index is 0.0634. The van der Waals surface area contributed by atoms with Crippen molar-refractivity contribution >= 4 is 33.4 Å². The van der Waals surface area contributed by atoms with E-state index in [2.05, 4.69) is 31.3 Å². The smallest absolute Gasteiger partial charge is 0.252 e. The second kappa shape index (κ2) is 12.6. The van der Waals surface area contributed by atoms with Crippen molar-refractivity contribution in [1.82, 2.24) is 5.32 Å². The number of hydrogen-bond donors (Lipinski definition) is 2. The number of halogens is 1. The Bertz CT molecular complexity index is 1420. The molecule has 0 spiro atoms. The molecule has 0 saturated heterocycles. The van der Waals surface area contributed by atoms with Gasteiger partial charge >= 0.3 is 0 Å². The molecule has 0 bridgehead atoms. The van der Waals surface area contributed by atoms with Crippen LogP contribution in [0.5, 0.6) is 5.75 Å². The van der Waals surface area contributed by atoms with Crippen molar-refractivity contribution < 1.29 is 19.4 Å². The summed E-state index contributed by atoms with van der Waals surface area (Å²) < 4.78 is 13.1. The van der Waals surface area contributed by atoms with E-state index in [1.807, 2.05) is 60.7 Å². The first kappa shape index (κ1) is 27.7. The van der Waals surface area contributed by atoms with Crippen LogP contribution in [0.15, 0.2) is 87.4 Å². The predicted molar refractivity (Wildman–Crippen MR) is 156 cm³/mol. The van der Waals surface area contributed by atoms with E-state index in [0.717, 1.165) is 22.9 Å². The Morgan fingerprint density at radius 1 is 1.15 bits per heavy atom. The van der Waals surface area contributed by atoms with Crippen LogP contribution in [0.1, 0.15) is 42.1 Å². The molecule has 2 N–H and O–H groups in total. The summed E-state index contributed by atoms with van der Waals surface area (Å²) in [5.41, 5.74) is 10.5. The molecular weight excluding hydrogens is 574 g/mol. The van der Waals surface area contributed by atoms with Crippen molar-refractivity contribution in [3.05, 3.63) is 104 Å². The number of aliphatic hydroxyl groups is 1. The van der Waals surface area contributed by atoms with Gasteiger partial charge in [0.25, 0.3) is 5.91 Å². The molecule has 5 rings (SSSR count). The summed E-state index contributed by atoms with van der Waals surface area (Å²) in [5, 5.41) is 16.0. The van der Waals surface area contributed by atoms with Crippen LogP contribution >= 0.6 is 15.9 Å². The first-order valence-corrected chi connectivity index (χ1v) is 14.1. The van der Waals surface area contributed by atoms with Crippen molar-refractivity contribution in [1.29, 1.82) is 0 Å². The zero-order chi connectivity index (χ0) is 28.0. The average Bonchev–Trinajstić information content (AvgIpc) is 3.73. The van der Waals surface area contributed by atoms with E-state index in [9.17, 15) is 4.79 Å². The standard InChI is InChI=1S/C30H30BrN5O4/c31-24-12-8-21(9-13-24)27-30(29(38)33-19-20-6-7-20,18-23-4-1-2-5-26(23)35-36-32)34-28(40-27)22-10-14-25(15-11-22)39-17-3-16-37/h1-2,4-5,8-15,20,27,37H,3,6-7,16-19H2,(H,33,38)/t27-,30-/m1/s1. The van der Waals surface area contributed by atoms with E-state index in [4.69, 9.17) is 25.1 Å². The highest BCUT2D eigenvalue weighted by atomic mass is 79.9. The van der Waals surface area contributed by atoms with Gasteiger partial charge in [-0.15, -0.1) is 0 Å². The van der Waals surface area contributed by atoms with Gasteiger partial charge in [-0.25, -0.2) is 4.99 Å². The van der Waals surface area contributed by atoms with Gasteiger partial charge in [-0.3, -0.25) is 4.79 Å². The molecule has 1 amide bonds. The highest BCUT2D eigenvalue weighted by molar-refractivity contribution is 9.10. The third-order valence-electron chi connectivity index (χ3n) is 7.05. The topological polar surface area (TPSA) is 129 Å². The lowest BCUT2D eigenvalue weighted by atomic mass is 9.81. The zero-order valence-corrected chi connectivity index (χ0v) is 23.5. The van der Waals surface area contributed by atoms with Crippen LogP contribution in [-0.4, -0.2) is 42.2 Å². The molecule has 0 radical (unpaired) electrons. The normalized spacial score (nSPS) is 19.8. The number of azide groups is 1. The maximum absolute atomic E-state index is 14.2. The molecule has 2 aliphatic rings. The summed E-state index contributed by atoms with van der Waals surface area (Å²) in [5.74, 6) is 1.25. The minimum atomic E-state index is -1.35. The fourth-order valence-corrected chi connectivity index (χ4v) is 4.99. The molecule has 0 aromatic heterocycles. The first-order chi connectivity index (χ1) is 19.5. The van der Waals surface area contributed by atoms with E-state index in [1.54, 1.807) is 12.1 Å². The van der Waals surface area contributed by atoms with Gasteiger partial charge in [-0.2, -0.15) is 0 Å². The first-order valence-electron chi connectivity index (χ1n) is 13.3. The van der Waals surface area contributed by atoms with Crippen LogP contribution in [0.4, 0.5) is 5.69 Å². The van der Waals surface area contributed by atoms with Crippen LogP contribution in [0.2, 0.25) is 0 Å². The summed E-state index contributed by atoms with van der Waals surface area (Å²) in [6, 6.07) is 22.2. The summed E-state index contributed by atoms with van der Waals surface area (Å²) in [4.78, 5) is 22.2. The minimum Gasteiger partial charge on any atom is -0.494 e. The van der Waals surface area contributed by atoms with Crippen LogP contribution < -0.4 is 10.1 Å². The number of rotatable bonds is 12. The Kier molecular flexibility index (Phi) is 8.69. The van der Waals surface area contributed by atoms with Gasteiger partial charge in [0.05, 0.1) is 6.61 Å². The van der Waals surface area contributed by atoms with Crippen molar-refractivity contribution in [2.24, 2.45) is 16.0 Å². The van der Waals surface area contributed by atoms with Crippen molar-refractivity contribution in [2.75, 3.05) is 19.8 Å². The fraction of sp³-hybridized carbons (Fsp3) is 0.333. The van der Waals surface area contributed by atoms with Crippen molar-refractivity contribution in [3.8, 4) is 5.75 Å². The Morgan fingerprint density at radius 2 is 1.90 bits per heavy atom. The predicted octanol–water partition coefficient (Wildman–Crippen LogP) is 6.18. The Balaban J connectivity index is 1.57. The number of hydrogen-bond acceptors (Lipinski definition) is 6. The largest absolute Gasteiger partial charge is 0.494 e. The van der Waals surface area contributed by atoms with Gasteiger partial charge < -0.3 is 19.9 Å². The lowest BCUT2D eigenvalue weighted by Crippen LogP contribution is -2.50. The van der Waals surface area contributed by atoms with E-state index < -0.39 is 11.6 Å². The van der Waals surface area contributed by atoms with E-state index in [1.165, 1.54) is 0 Å². The van der Waals surface area contributed by atoms with Crippen molar-refractivity contribution in [3.63, 3.8) is 0 Å². The number of ether oxygens (including phenoxy) is 2. The summed E-state index contributed by atoms with van der Waals surface area (Å²) in [6.45, 7) is 1.05. The molecule has 1 aliphatic heterocycles. The van der Waals surface area contributed by atoms with Crippen LogP contribution in [0, 0.1) is 5.92 Å². The quantitative estimate of drug-likeness (QED) is 0.111. The van der Waals surface area contributed by atoms with Gasteiger partial charge in [-0.05, 0) is 71.8 Å². The lowest BCUT2D eigenvalue weighted by Gasteiger charge is -2.31. The number of amides is 1. The van der Waals surface area contributed by atoms with Gasteiger partial charge in [0, 0.05) is 46.6 Å². The molecule has 10 heteroatoms. The molecule has 0 unspecified atom stereocenters. The summed E-state index contributed by atoms with van der Waals surface area (Å²) in [6.07, 6.45) is 2.18. The second-order valence-electron chi connectivity index (χ2n) is 9.99. The van der Waals surface area contributed by atoms with E-state index in [0.29, 0.717) is 54.0 Å². The number of aliphatic imine (C=N–C) groups is 1. The number of benzene rings is 3. The molecule has 3 aromatic carbocycles. The molecule has 206 valence electrons. The number of carbonyl (C=O) groups excluding carboxylic acids is 1. The summed E-state index contributed by atoms with van der Waals surface area (Å²) >= 11 is 3.50. The summed E-state index contributed by atoms with van der Waals surface area (Å²) in [7, 11) is 0. The maximum Gasteiger partial charge on any atom is 0.252 e. The number of aliphatic hydroxyl groups excluding tert-OH is 1. The lowest BCUT2D eigenvalue weighted by molar-refractivity contribution is -0.129. The SMILES string of the molecule is [N-]=[N+]=Nc1ccccc1C[C@@]1(C(=O)NCC2CC2)N=C(c2ccc(OCCCO)cc2)O[C@@H]1c1ccc(Br)cc1. The number of nitrogens with one attached hydrogen (secondary N) is 1.